The number of nitrogens with one attached hydrogen (secondary N) is 1. The van der Waals surface area contributed by atoms with Crippen LogP contribution in [0.3, 0.4) is 0 Å². The summed E-state index contributed by atoms with van der Waals surface area (Å²) < 4.78 is 0. The summed E-state index contributed by atoms with van der Waals surface area (Å²) in [7, 11) is 0. The van der Waals surface area contributed by atoms with Crippen molar-refractivity contribution in [1.29, 1.82) is 0 Å². The van der Waals surface area contributed by atoms with E-state index >= 15 is 0 Å². The van der Waals surface area contributed by atoms with Crippen molar-refractivity contribution in [1.82, 2.24) is 9.88 Å². The maximum absolute atomic E-state index is 11.0. The number of amides is 1. The van der Waals surface area contributed by atoms with Crippen LogP contribution in [0.25, 0.3) is 10.9 Å². The summed E-state index contributed by atoms with van der Waals surface area (Å²) in [5.41, 5.74) is 9.22. The number of aryl methyl sites for hydroxylation is 1. The van der Waals surface area contributed by atoms with Crippen LogP contribution in [0.15, 0.2) is 24.3 Å². The zero-order chi connectivity index (χ0) is 14.1. The van der Waals surface area contributed by atoms with Crippen molar-refractivity contribution in [2.24, 2.45) is 5.73 Å². The van der Waals surface area contributed by atoms with Gasteiger partial charge in [0.1, 0.15) is 0 Å². The normalized spacial score (nSPS) is 17.6. The van der Waals surface area contributed by atoms with E-state index in [4.69, 9.17) is 5.73 Å². The molecule has 0 bridgehead atoms. The molecule has 1 aliphatic heterocycles. The highest BCUT2D eigenvalue weighted by Gasteiger charge is 2.24. The molecule has 0 aliphatic carbocycles. The van der Waals surface area contributed by atoms with Crippen molar-refractivity contribution in [2.45, 2.75) is 25.7 Å². The Kier molecular flexibility index (Phi) is 3.49. The van der Waals surface area contributed by atoms with Gasteiger partial charge in [-0.3, -0.25) is 9.69 Å². The molecule has 3 rings (SSSR count). The number of fused-ring (bicyclic) bond motifs is 1. The molecule has 106 valence electrons. The Hall–Kier alpha value is -1.81. The molecule has 4 heteroatoms. The minimum Gasteiger partial charge on any atom is -0.369 e. The number of carbonyl (C=O) groups excluding carboxylic acids is 1. The molecule has 0 saturated carbocycles. The molecule has 3 N–H and O–H groups in total. The average molecular weight is 271 g/mol. The second kappa shape index (κ2) is 5.29. The fraction of sp³-hybridized carbons (Fsp3) is 0.438. The predicted molar refractivity (Wildman–Crippen MR) is 80.6 cm³/mol. The summed E-state index contributed by atoms with van der Waals surface area (Å²) in [6.45, 7) is 4.45. The smallest absolute Gasteiger partial charge is 0.231 e. The van der Waals surface area contributed by atoms with Crippen LogP contribution in [-0.2, 0) is 4.79 Å². The molecule has 1 saturated heterocycles. The Morgan fingerprint density at radius 1 is 1.35 bits per heavy atom. The number of primary amides is 1. The highest BCUT2D eigenvalue weighted by molar-refractivity contribution is 5.85. The number of aromatic amines is 1. The van der Waals surface area contributed by atoms with Crippen molar-refractivity contribution in [3.8, 4) is 0 Å². The monoisotopic (exact) mass is 271 g/mol. The summed E-state index contributed by atoms with van der Waals surface area (Å²) >= 11 is 0. The van der Waals surface area contributed by atoms with E-state index in [1.165, 1.54) is 22.2 Å². The predicted octanol–water partition coefficient (Wildman–Crippen LogP) is 2.14. The van der Waals surface area contributed by atoms with Gasteiger partial charge in [0.05, 0.1) is 6.54 Å². The number of likely N-dealkylation sites (tertiary alicyclic amines) is 1. The molecule has 1 aliphatic rings. The van der Waals surface area contributed by atoms with Crippen LogP contribution < -0.4 is 5.73 Å². The number of piperidine rings is 1. The van der Waals surface area contributed by atoms with Crippen molar-refractivity contribution in [3.63, 3.8) is 0 Å². The molecule has 2 aromatic rings. The van der Waals surface area contributed by atoms with E-state index in [2.05, 4.69) is 41.1 Å². The molecule has 0 radical (unpaired) electrons. The van der Waals surface area contributed by atoms with E-state index in [1.54, 1.807) is 0 Å². The summed E-state index contributed by atoms with van der Waals surface area (Å²) in [5.74, 6) is 0.349. The number of hydrogen-bond acceptors (Lipinski definition) is 2. The molecule has 0 atom stereocenters. The van der Waals surface area contributed by atoms with E-state index < -0.39 is 0 Å². The molecule has 1 fully saturated rings. The van der Waals surface area contributed by atoms with E-state index in [-0.39, 0.29) is 5.91 Å². The third-order valence-electron chi connectivity index (χ3n) is 4.32. The van der Waals surface area contributed by atoms with E-state index in [1.807, 2.05) is 0 Å². The van der Waals surface area contributed by atoms with Gasteiger partial charge in [-0.1, -0.05) is 18.2 Å². The standard InChI is InChI=1S/C16H21N3O/c1-11-16(13-4-2-3-5-14(13)18-11)12-6-8-19(9-7-12)10-15(17)20/h2-5,12,18H,6-10H2,1H3,(H2,17,20). The molecule has 1 aromatic heterocycles. The lowest BCUT2D eigenvalue weighted by molar-refractivity contribution is -0.119. The van der Waals surface area contributed by atoms with Crippen molar-refractivity contribution in [2.75, 3.05) is 19.6 Å². The highest BCUT2D eigenvalue weighted by Crippen LogP contribution is 2.35. The van der Waals surface area contributed by atoms with Crippen LogP contribution in [0, 0.1) is 6.92 Å². The Morgan fingerprint density at radius 3 is 2.75 bits per heavy atom. The summed E-state index contributed by atoms with van der Waals surface area (Å²) in [4.78, 5) is 16.6. The van der Waals surface area contributed by atoms with E-state index in [9.17, 15) is 4.79 Å². The number of para-hydroxylation sites is 1. The first-order chi connectivity index (χ1) is 9.65. The molecular formula is C16H21N3O. The largest absolute Gasteiger partial charge is 0.369 e. The summed E-state index contributed by atoms with van der Waals surface area (Å²) in [6.07, 6.45) is 2.19. The van der Waals surface area contributed by atoms with Gasteiger partial charge in [-0.05, 0) is 50.4 Å². The van der Waals surface area contributed by atoms with Crippen LogP contribution in [0.2, 0.25) is 0 Å². The van der Waals surface area contributed by atoms with Crippen molar-refractivity contribution >= 4 is 16.8 Å². The topological polar surface area (TPSA) is 62.1 Å². The van der Waals surface area contributed by atoms with Gasteiger partial charge in [-0.25, -0.2) is 0 Å². The Balaban J connectivity index is 1.80. The van der Waals surface area contributed by atoms with Gasteiger partial charge >= 0.3 is 0 Å². The number of hydrogen-bond donors (Lipinski definition) is 2. The molecule has 2 heterocycles. The molecular weight excluding hydrogens is 250 g/mol. The fourth-order valence-electron chi connectivity index (χ4n) is 3.42. The van der Waals surface area contributed by atoms with Gasteiger partial charge in [0.25, 0.3) is 0 Å². The third kappa shape index (κ3) is 2.43. The lowest BCUT2D eigenvalue weighted by atomic mass is 9.87. The lowest BCUT2D eigenvalue weighted by Gasteiger charge is -2.31. The number of H-pyrrole nitrogens is 1. The molecule has 20 heavy (non-hydrogen) atoms. The maximum atomic E-state index is 11.0. The summed E-state index contributed by atoms with van der Waals surface area (Å²) in [6, 6.07) is 8.50. The highest BCUT2D eigenvalue weighted by atomic mass is 16.1. The lowest BCUT2D eigenvalue weighted by Crippen LogP contribution is -2.39. The van der Waals surface area contributed by atoms with Crippen molar-refractivity contribution < 1.29 is 4.79 Å². The fourth-order valence-corrected chi connectivity index (χ4v) is 3.42. The molecule has 4 nitrogen and oxygen atoms in total. The SMILES string of the molecule is Cc1[nH]c2ccccc2c1C1CCN(CC(N)=O)CC1. The number of aromatic nitrogens is 1. The maximum Gasteiger partial charge on any atom is 0.231 e. The number of rotatable bonds is 3. The van der Waals surface area contributed by atoms with Crippen LogP contribution >= 0.6 is 0 Å². The Morgan fingerprint density at radius 2 is 2.05 bits per heavy atom. The first-order valence-corrected chi connectivity index (χ1v) is 7.23. The van der Waals surface area contributed by atoms with Gasteiger partial charge < -0.3 is 10.7 Å². The number of nitrogens with zero attached hydrogens (tertiary/aromatic N) is 1. The van der Waals surface area contributed by atoms with Crippen molar-refractivity contribution in [3.05, 3.63) is 35.5 Å². The molecule has 1 amide bonds. The number of carbonyl (C=O) groups is 1. The summed E-state index contributed by atoms with van der Waals surface area (Å²) in [5, 5.41) is 1.35. The first kappa shape index (κ1) is 13.2. The van der Waals surface area contributed by atoms with Crippen LogP contribution in [0.5, 0.6) is 0 Å². The van der Waals surface area contributed by atoms with Crippen LogP contribution in [0.4, 0.5) is 0 Å². The Bertz CT molecular complexity index is 624. The van der Waals surface area contributed by atoms with Crippen LogP contribution in [-0.4, -0.2) is 35.4 Å². The van der Waals surface area contributed by atoms with E-state index in [0.29, 0.717) is 12.5 Å². The van der Waals surface area contributed by atoms with Gasteiger partial charge in [-0.2, -0.15) is 0 Å². The van der Waals surface area contributed by atoms with E-state index in [0.717, 1.165) is 25.9 Å². The van der Waals surface area contributed by atoms with Gasteiger partial charge in [-0.15, -0.1) is 0 Å². The van der Waals surface area contributed by atoms with Gasteiger partial charge in [0, 0.05) is 16.6 Å². The Labute approximate surface area is 118 Å². The minimum atomic E-state index is -0.230. The molecule has 0 unspecified atom stereocenters. The zero-order valence-electron chi connectivity index (χ0n) is 11.9. The van der Waals surface area contributed by atoms with Gasteiger partial charge in [0.15, 0.2) is 0 Å². The average Bonchev–Trinajstić information content (AvgIpc) is 2.75. The third-order valence-corrected chi connectivity index (χ3v) is 4.32. The minimum absolute atomic E-state index is 0.230. The van der Waals surface area contributed by atoms with Gasteiger partial charge in [0.2, 0.25) is 5.91 Å². The zero-order valence-corrected chi connectivity index (χ0v) is 11.9. The number of nitrogens with two attached hydrogens (primary N) is 1. The first-order valence-electron chi connectivity index (χ1n) is 7.23. The number of benzene rings is 1. The quantitative estimate of drug-likeness (QED) is 0.898. The second-order valence-electron chi connectivity index (χ2n) is 5.73. The molecule has 1 aromatic carbocycles. The second-order valence-corrected chi connectivity index (χ2v) is 5.73. The van der Waals surface area contributed by atoms with Crippen LogP contribution in [0.1, 0.15) is 30.0 Å². The molecule has 0 spiro atoms.